The first kappa shape index (κ1) is 27.7. The monoisotopic (exact) mass is 527 g/mol. The zero-order valence-corrected chi connectivity index (χ0v) is 21.8. The van der Waals surface area contributed by atoms with Gasteiger partial charge in [0.1, 0.15) is 29.2 Å². The molecule has 0 aliphatic carbocycles. The summed E-state index contributed by atoms with van der Waals surface area (Å²) >= 11 is 0. The number of nitro groups is 1. The number of ether oxygens (including phenoxy) is 1. The highest BCUT2D eigenvalue weighted by Crippen LogP contribution is 2.20. The number of aryl methyl sites for hydroxylation is 3. The highest BCUT2D eigenvalue weighted by Gasteiger charge is 2.21. The summed E-state index contributed by atoms with van der Waals surface area (Å²) in [7, 11) is 4.73. The van der Waals surface area contributed by atoms with E-state index in [1.807, 2.05) is 0 Å². The largest absolute Gasteiger partial charge is 0.459 e. The van der Waals surface area contributed by atoms with Crippen molar-refractivity contribution in [3.05, 3.63) is 64.0 Å². The van der Waals surface area contributed by atoms with E-state index in [-0.39, 0.29) is 29.3 Å². The molecule has 0 aromatic carbocycles. The second-order valence-electron chi connectivity index (χ2n) is 9.58. The molecule has 3 N–H and O–H groups in total. The molecule has 38 heavy (non-hydrogen) atoms. The summed E-state index contributed by atoms with van der Waals surface area (Å²) in [4.78, 5) is 60.2. The topological polar surface area (TPSA) is 172 Å². The zero-order valence-electron chi connectivity index (χ0n) is 21.8. The highest BCUT2D eigenvalue weighted by atomic mass is 16.6. The first-order valence-corrected chi connectivity index (χ1v) is 11.4. The van der Waals surface area contributed by atoms with Crippen LogP contribution in [-0.2, 0) is 30.7 Å². The number of aromatic nitrogens is 3. The standard InChI is InChI=1S/C24H29N7O7/c1-24(2,3)38-20(32)10-25-21(33)17-7-14(11-28(17)4)26-22(34)18-8-15(12-29(18)5)27-23(35)19-9-16(31(36)37)13-30(19)6/h7-9,11-13H,10H2,1-6H3,(H,25,33)(H,26,34)(H,27,35). The molecule has 14 nitrogen and oxygen atoms in total. The fourth-order valence-corrected chi connectivity index (χ4v) is 3.60. The summed E-state index contributed by atoms with van der Waals surface area (Å²) in [6.07, 6.45) is 4.28. The lowest BCUT2D eigenvalue weighted by atomic mass is 10.2. The van der Waals surface area contributed by atoms with Crippen molar-refractivity contribution < 1.29 is 28.8 Å². The van der Waals surface area contributed by atoms with Gasteiger partial charge in [-0.2, -0.15) is 0 Å². The van der Waals surface area contributed by atoms with Crippen molar-refractivity contribution >= 4 is 40.8 Å². The van der Waals surface area contributed by atoms with E-state index in [1.165, 1.54) is 51.5 Å². The van der Waals surface area contributed by atoms with Crippen LogP contribution in [0.15, 0.2) is 36.8 Å². The number of nitrogens with one attached hydrogen (secondary N) is 3. The Balaban J connectivity index is 1.65. The molecule has 0 saturated carbocycles. The van der Waals surface area contributed by atoms with Crippen LogP contribution in [0.5, 0.6) is 0 Å². The second-order valence-corrected chi connectivity index (χ2v) is 9.58. The average Bonchev–Trinajstić information content (AvgIpc) is 3.47. The molecule has 3 heterocycles. The fraction of sp³-hybridized carbons (Fsp3) is 0.333. The number of amides is 3. The van der Waals surface area contributed by atoms with Crippen LogP contribution in [0.25, 0.3) is 0 Å². The van der Waals surface area contributed by atoms with Gasteiger partial charge in [-0.3, -0.25) is 29.3 Å². The van der Waals surface area contributed by atoms with Crippen LogP contribution in [0.2, 0.25) is 0 Å². The normalized spacial score (nSPS) is 11.1. The number of rotatable bonds is 8. The smallest absolute Gasteiger partial charge is 0.325 e. The Hall–Kier alpha value is -4.88. The van der Waals surface area contributed by atoms with Crippen molar-refractivity contribution in [2.24, 2.45) is 21.1 Å². The first-order chi connectivity index (χ1) is 17.6. The molecule has 0 spiro atoms. The Bertz CT molecular complexity index is 1420. The highest BCUT2D eigenvalue weighted by molar-refractivity contribution is 6.07. The summed E-state index contributed by atoms with van der Waals surface area (Å²) in [5.41, 5.74) is 0.245. The number of esters is 1. The molecule has 0 saturated heterocycles. The molecule has 3 aromatic heterocycles. The van der Waals surface area contributed by atoms with Crippen LogP contribution in [0.4, 0.5) is 17.1 Å². The molecule has 0 aliphatic heterocycles. The molecule has 0 unspecified atom stereocenters. The van der Waals surface area contributed by atoms with Gasteiger partial charge >= 0.3 is 5.97 Å². The lowest BCUT2D eigenvalue weighted by molar-refractivity contribution is -0.384. The van der Waals surface area contributed by atoms with E-state index in [9.17, 15) is 29.3 Å². The van der Waals surface area contributed by atoms with E-state index in [2.05, 4.69) is 16.0 Å². The van der Waals surface area contributed by atoms with Crippen LogP contribution >= 0.6 is 0 Å². The molecule has 14 heteroatoms. The molecule has 0 atom stereocenters. The first-order valence-electron chi connectivity index (χ1n) is 11.4. The maximum absolute atomic E-state index is 12.9. The quantitative estimate of drug-likeness (QED) is 0.229. The van der Waals surface area contributed by atoms with Crippen molar-refractivity contribution in [3.8, 4) is 0 Å². The SMILES string of the molecule is Cn1cc(NC(=O)c2cc(NC(=O)c3cc([N+](=O)[O-])cn3C)cn2C)cc1C(=O)NCC(=O)OC(C)(C)C. The van der Waals surface area contributed by atoms with Crippen molar-refractivity contribution in [1.29, 1.82) is 0 Å². The molecule has 0 aliphatic rings. The summed E-state index contributed by atoms with van der Waals surface area (Å²) < 4.78 is 9.49. The third kappa shape index (κ3) is 6.66. The molecule has 0 radical (unpaired) electrons. The molecular formula is C24H29N7O7. The maximum atomic E-state index is 12.9. The van der Waals surface area contributed by atoms with E-state index in [4.69, 9.17) is 4.74 Å². The van der Waals surface area contributed by atoms with E-state index in [0.29, 0.717) is 11.4 Å². The van der Waals surface area contributed by atoms with Crippen LogP contribution < -0.4 is 16.0 Å². The molecule has 202 valence electrons. The van der Waals surface area contributed by atoms with Crippen molar-refractivity contribution in [2.45, 2.75) is 26.4 Å². The Kier molecular flexibility index (Phi) is 7.74. The predicted molar refractivity (Wildman–Crippen MR) is 137 cm³/mol. The van der Waals surface area contributed by atoms with E-state index in [1.54, 1.807) is 34.9 Å². The van der Waals surface area contributed by atoms with Gasteiger partial charge in [0.25, 0.3) is 23.4 Å². The minimum Gasteiger partial charge on any atom is -0.459 e. The lowest BCUT2D eigenvalue weighted by Gasteiger charge is -2.19. The van der Waals surface area contributed by atoms with Gasteiger partial charge in [-0.1, -0.05) is 0 Å². The van der Waals surface area contributed by atoms with Crippen LogP contribution in [0, 0.1) is 10.1 Å². The van der Waals surface area contributed by atoms with Gasteiger partial charge in [-0.05, 0) is 32.9 Å². The zero-order chi connectivity index (χ0) is 28.4. The number of carbonyl (C=O) groups is 4. The van der Waals surface area contributed by atoms with E-state index < -0.39 is 34.2 Å². The van der Waals surface area contributed by atoms with Crippen LogP contribution in [0.3, 0.4) is 0 Å². The van der Waals surface area contributed by atoms with E-state index in [0.717, 1.165) is 6.07 Å². The van der Waals surface area contributed by atoms with Crippen molar-refractivity contribution in [1.82, 2.24) is 19.0 Å². The number of nitrogens with zero attached hydrogens (tertiary/aromatic N) is 4. The Morgan fingerprint density at radius 1 is 0.816 bits per heavy atom. The number of anilines is 2. The molecule has 3 rings (SSSR count). The fourth-order valence-electron chi connectivity index (χ4n) is 3.60. The Labute approximate surface area is 217 Å². The van der Waals surface area contributed by atoms with Gasteiger partial charge in [0.15, 0.2) is 0 Å². The molecule has 3 amide bonds. The second kappa shape index (κ2) is 10.6. The third-order valence-electron chi connectivity index (χ3n) is 5.24. The summed E-state index contributed by atoms with van der Waals surface area (Å²) in [6, 6.07) is 4.06. The van der Waals surface area contributed by atoms with Gasteiger partial charge < -0.3 is 34.4 Å². The summed E-state index contributed by atoms with van der Waals surface area (Å²) in [5, 5.41) is 18.8. The lowest BCUT2D eigenvalue weighted by Crippen LogP contribution is -2.35. The molecule has 3 aromatic rings. The maximum Gasteiger partial charge on any atom is 0.325 e. The van der Waals surface area contributed by atoms with Gasteiger partial charge in [-0.15, -0.1) is 0 Å². The molecular weight excluding hydrogens is 498 g/mol. The van der Waals surface area contributed by atoms with Crippen molar-refractivity contribution in [2.75, 3.05) is 17.2 Å². The number of carbonyl (C=O) groups excluding carboxylic acids is 4. The summed E-state index contributed by atoms with van der Waals surface area (Å²) in [5.74, 6) is -2.19. The number of hydrogen-bond acceptors (Lipinski definition) is 7. The average molecular weight is 528 g/mol. The summed E-state index contributed by atoms with van der Waals surface area (Å²) in [6.45, 7) is 4.86. The minimum atomic E-state index is -0.675. The van der Waals surface area contributed by atoms with Gasteiger partial charge in [0.2, 0.25) is 0 Å². The minimum absolute atomic E-state index is 0.0771. The third-order valence-corrected chi connectivity index (χ3v) is 5.24. The predicted octanol–water partition coefficient (Wildman–Crippen LogP) is 2.19. The molecule has 0 fully saturated rings. The van der Waals surface area contributed by atoms with Crippen LogP contribution in [0.1, 0.15) is 52.2 Å². The van der Waals surface area contributed by atoms with Gasteiger partial charge in [0.05, 0.1) is 22.5 Å². The van der Waals surface area contributed by atoms with E-state index >= 15 is 0 Å². The van der Waals surface area contributed by atoms with Crippen molar-refractivity contribution in [3.63, 3.8) is 0 Å². The molecule has 0 bridgehead atoms. The van der Waals surface area contributed by atoms with Gasteiger partial charge in [-0.25, -0.2) is 0 Å². The van der Waals surface area contributed by atoms with Crippen LogP contribution in [-0.4, -0.2) is 54.5 Å². The number of hydrogen-bond donors (Lipinski definition) is 3. The van der Waals surface area contributed by atoms with Gasteiger partial charge in [0, 0.05) is 39.6 Å². The Morgan fingerprint density at radius 3 is 1.71 bits per heavy atom. The Morgan fingerprint density at radius 2 is 1.26 bits per heavy atom.